The molecule has 1 rings (SSSR count). The normalized spacial score (nSPS) is 11.5. The van der Waals surface area contributed by atoms with Crippen LogP contribution in [0.3, 0.4) is 0 Å². The zero-order chi connectivity index (χ0) is 12.7. The molecule has 1 aromatic rings. The quantitative estimate of drug-likeness (QED) is 0.592. The molecule has 0 unspecified atom stereocenters. The topological polar surface area (TPSA) is 35.5 Å². The molecule has 3 nitrogen and oxygen atoms in total. The lowest BCUT2D eigenvalue weighted by molar-refractivity contribution is -0.274. The maximum Gasteiger partial charge on any atom is 0.573 e. The van der Waals surface area contributed by atoms with Crippen LogP contribution < -0.4 is 4.74 Å². The minimum atomic E-state index is -4.71. The molecule has 0 atom stereocenters. The lowest BCUT2D eigenvalue weighted by Crippen LogP contribution is -2.17. The van der Waals surface area contributed by atoms with E-state index in [1.165, 1.54) is 30.4 Å². The van der Waals surface area contributed by atoms with Gasteiger partial charge in [0, 0.05) is 0 Å². The predicted octanol–water partition coefficient (Wildman–Crippen LogP) is 2.77. The highest BCUT2D eigenvalue weighted by Crippen LogP contribution is 2.23. The molecule has 0 radical (unpaired) electrons. The molecule has 92 valence electrons. The van der Waals surface area contributed by atoms with Crippen molar-refractivity contribution in [1.29, 1.82) is 0 Å². The van der Waals surface area contributed by atoms with Gasteiger partial charge in [-0.2, -0.15) is 0 Å². The second kappa shape index (κ2) is 5.93. The summed E-state index contributed by atoms with van der Waals surface area (Å²) in [6.07, 6.45) is -1.68. The molecule has 0 heterocycles. The molecule has 0 fully saturated rings. The van der Waals surface area contributed by atoms with Crippen LogP contribution in [0.2, 0.25) is 0 Å². The van der Waals surface area contributed by atoms with Gasteiger partial charge in [-0.1, -0.05) is 18.2 Å². The highest BCUT2D eigenvalue weighted by atomic mass is 19.4. The smallest absolute Gasteiger partial charge is 0.464 e. The van der Waals surface area contributed by atoms with E-state index in [1.54, 1.807) is 6.07 Å². The van der Waals surface area contributed by atoms with Crippen LogP contribution in [-0.2, 0) is 9.53 Å². The lowest BCUT2D eigenvalue weighted by atomic mass is 10.2. The highest BCUT2D eigenvalue weighted by molar-refractivity contribution is 5.52. The van der Waals surface area contributed by atoms with Crippen LogP contribution in [0.15, 0.2) is 30.3 Å². The van der Waals surface area contributed by atoms with Crippen molar-refractivity contribution in [2.24, 2.45) is 0 Å². The summed E-state index contributed by atoms with van der Waals surface area (Å²) in [5.41, 5.74) is 0.515. The number of halogens is 3. The van der Waals surface area contributed by atoms with E-state index in [-0.39, 0.29) is 18.8 Å². The number of ether oxygens (including phenoxy) is 2. The summed E-state index contributed by atoms with van der Waals surface area (Å²) in [6, 6.07) is 5.46. The lowest BCUT2D eigenvalue weighted by Gasteiger charge is -2.08. The fourth-order valence-corrected chi connectivity index (χ4v) is 1.09. The largest absolute Gasteiger partial charge is 0.573 e. The van der Waals surface area contributed by atoms with Crippen LogP contribution in [0, 0.1) is 0 Å². The van der Waals surface area contributed by atoms with Crippen molar-refractivity contribution < 1.29 is 27.4 Å². The summed E-state index contributed by atoms with van der Waals surface area (Å²) in [5, 5.41) is 0. The van der Waals surface area contributed by atoms with Gasteiger partial charge >= 0.3 is 6.36 Å². The Morgan fingerprint density at radius 1 is 1.29 bits per heavy atom. The Labute approximate surface area is 95.5 Å². The molecule has 0 saturated carbocycles. The van der Waals surface area contributed by atoms with E-state index >= 15 is 0 Å². The van der Waals surface area contributed by atoms with Gasteiger partial charge in [-0.05, 0) is 23.8 Å². The van der Waals surface area contributed by atoms with Crippen molar-refractivity contribution in [1.82, 2.24) is 0 Å². The Balaban J connectivity index is 2.65. The SMILES string of the molecule is O=COC/C=C/c1cccc(OC(F)(F)F)c1. The number of alkyl halides is 3. The van der Waals surface area contributed by atoms with Crippen LogP contribution in [0.1, 0.15) is 5.56 Å². The average molecular weight is 246 g/mol. The van der Waals surface area contributed by atoms with E-state index in [2.05, 4.69) is 9.47 Å². The molecule has 0 aliphatic heterocycles. The van der Waals surface area contributed by atoms with Crippen molar-refractivity contribution in [3.05, 3.63) is 35.9 Å². The molecular weight excluding hydrogens is 237 g/mol. The molecule has 0 aromatic heterocycles. The van der Waals surface area contributed by atoms with Gasteiger partial charge in [0.15, 0.2) is 0 Å². The number of hydrogen-bond donors (Lipinski definition) is 0. The molecule has 0 aliphatic rings. The summed E-state index contributed by atoms with van der Waals surface area (Å²) in [7, 11) is 0. The number of benzene rings is 1. The van der Waals surface area contributed by atoms with Gasteiger partial charge in [-0.3, -0.25) is 4.79 Å². The first kappa shape index (κ1) is 13.1. The third kappa shape index (κ3) is 5.60. The first-order chi connectivity index (χ1) is 8.01. The number of carbonyl (C=O) groups excluding carboxylic acids is 1. The number of carbonyl (C=O) groups is 1. The fraction of sp³-hybridized carbons (Fsp3) is 0.182. The predicted molar refractivity (Wildman–Crippen MR) is 54.2 cm³/mol. The minimum Gasteiger partial charge on any atom is -0.464 e. The second-order valence-corrected chi connectivity index (χ2v) is 2.95. The molecule has 6 heteroatoms. The Morgan fingerprint density at radius 3 is 2.71 bits per heavy atom. The van der Waals surface area contributed by atoms with Crippen LogP contribution in [0.4, 0.5) is 13.2 Å². The van der Waals surface area contributed by atoms with Crippen LogP contribution in [0.5, 0.6) is 5.75 Å². The minimum absolute atomic E-state index is 0.0633. The van der Waals surface area contributed by atoms with Gasteiger partial charge in [-0.15, -0.1) is 13.2 Å². The maximum absolute atomic E-state index is 11.9. The molecular formula is C11H9F3O3. The monoisotopic (exact) mass is 246 g/mol. The van der Waals surface area contributed by atoms with E-state index in [0.29, 0.717) is 5.56 Å². The van der Waals surface area contributed by atoms with Crippen LogP contribution >= 0.6 is 0 Å². The van der Waals surface area contributed by atoms with Gasteiger partial charge in [0.2, 0.25) is 0 Å². The molecule has 0 saturated heterocycles. The van der Waals surface area contributed by atoms with Crippen molar-refractivity contribution in [2.45, 2.75) is 6.36 Å². The molecule has 0 bridgehead atoms. The zero-order valence-electron chi connectivity index (χ0n) is 8.61. The van der Waals surface area contributed by atoms with Crippen molar-refractivity contribution in [3.63, 3.8) is 0 Å². The Hall–Kier alpha value is -1.98. The first-order valence-electron chi connectivity index (χ1n) is 4.59. The van der Waals surface area contributed by atoms with E-state index in [9.17, 15) is 18.0 Å². The van der Waals surface area contributed by atoms with Crippen LogP contribution in [-0.4, -0.2) is 19.4 Å². The Morgan fingerprint density at radius 2 is 2.06 bits per heavy atom. The molecule has 0 amide bonds. The standard InChI is InChI=1S/C11H9F3O3/c12-11(13,14)17-10-5-1-3-9(7-10)4-2-6-16-8-15/h1-5,7-8H,6H2/b4-2+. The van der Waals surface area contributed by atoms with Gasteiger partial charge in [0.1, 0.15) is 12.4 Å². The average Bonchev–Trinajstić information content (AvgIpc) is 2.23. The molecule has 1 aromatic carbocycles. The van der Waals surface area contributed by atoms with E-state index < -0.39 is 6.36 Å². The van der Waals surface area contributed by atoms with Gasteiger partial charge in [0.25, 0.3) is 6.47 Å². The summed E-state index contributed by atoms with van der Waals surface area (Å²) in [4.78, 5) is 9.83. The number of rotatable bonds is 5. The van der Waals surface area contributed by atoms with E-state index in [1.807, 2.05) is 0 Å². The maximum atomic E-state index is 11.9. The Bertz CT molecular complexity index is 399. The van der Waals surface area contributed by atoms with E-state index in [0.717, 1.165) is 0 Å². The number of hydrogen-bond acceptors (Lipinski definition) is 3. The Kier molecular flexibility index (Phi) is 4.56. The summed E-state index contributed by atoms with van der Waals surface area (Å²) in [6.45, 7) is 0.349. The fourth-order valence-electron chi connectivity index (χ4n) is 1.09. The highest BCUT2D eigenvalue weighted by Gasteiger charge is 2.30. The summed E-state index contributed by atoms with van der Waals surface area (Å²) >= 11 is 0. The first-order valence-corrected chi connectivity index (χ1v) is 4.59. The van der Waals surface area contributed by atoms with Crippen molar-refractivity contribution in [2.75, 3.05) is 6.61 Å². The summed E-state index contributed by atoms with van der Waals surface area (Å²) < 4.78 is 43.9. The molecule has 17 heavy (non-hydrogen) atoms. The van der Waals surface area contributed by atoms with E-state index in [4.69, 9.17) is 0 Å². The van der Waals surface area contributed by atoms with Gasteiger partial charge in [0.05, 0.1) is 0 Å². The third-order valence-corrected chi connectivity index (χ3v) is 1.66. The zero-order valence-corrected chi connectivity index (χ0v) is 8.61. The molecule has 0 N–H and O–H groups in total. The molecule has 0 spiro atoms. The second-order valence-electron chi connectivity index (χ2n) is 2.95. The van der Waals surface area contributed by atoms with Gasteiger partial charge < -0.3 is 9.47 Å². The molecule has 0 aliphatic carbocycles. The van der Waals surface area contributed by atoms with Crippen molar-refractivity contribution >= 4 is 12.5 Å². The third-order valence-electron chi connectivity index (χ3n) is 1.66. The van der Waals surface area contributed by atoms with Gasteiger partial charge in [-0.25, -0.2) is 0 Å². The van der Waals surface area contributed by atoms with Crippen LogP contribution in [0.25, 0.3) is 6.08 Å². The summed E-state index contributed by atoms with van der Waals surface area (Å²) in [5.74, 6) is -0.295. The van der Waals surface area contributed by atoms with Crippen molar-refractivity contribution in [3.8, 4) is 5.75 Å².